The summed E-state index contributed by atoms with van der Waals surface area (Å²) < 4.78 is 5.52. The summed E-state index contributed by atoms with van der Waals surface area (Å²) in [6.07, 6.45) is 1.52. The molecule has 1 aliphatic heterocycles. The molecule has 0 aliphatic carbocycles. The molecule has 2 N–H and O–H groups in total. The van der Waals surface area contributed by atoms with Gasteiger partial charge in [-0.05, 0) is 58.2 Å². The zero-order valence-corrected chi connectivity index (χ0v) is 15.6. The number of likely N-dealkylation sites (tertiary alicyclic amines) is 1. The third kappa shape index (κ3) is 6.64. The first-order chi connectivity index (χ1) is 11.7. The van der Waals surface area contributed by atoms with Gasteiger partial charge < -0.3 is 20.3 Å². The van der Waals surface area contributed by atoms with Crippen molar-refractivity contribution < 1.29 is 14.3 Å². The van der Waals surface area contributed by atoms with Gasteiger partial charge in [0.25, 0.3) is 5.91 Å². The molecule has 1 aliphatic rings. The van der Waals surface area contributed by atoms with E-state index in [9.17, 15) is 9.59 Å². The highest BCUT2D eigenvalue weighted by atomic mass is 16.5. The van der Waals surface area contributed by atoms with Crippen LogP contribution in [0.2, 0.25) is 0 Å². The Morgan fingerprint density at radius 3 is 2.52 bits per heavy atom. The molecule has 0 saturated carbocycles. The minimum Gasteiger partial charge on any atom is -0.484 e. The first-order valence-electron chi connectivity index (χ1n) is 8.79. The monoisotopic (exact) mass is 347 g/mol. The fraction of sp³-hybridized carbons (Fsp3) is 0.579. The van der Waals surface area contributed by atoms with E-state index in [1.165, 1.54) is 0 Å². The number of urea groups is 1. The average molecular weight is 347 g/mol. The molecule has 6 nitrogen and oxygen atoms in total. The van der Waals surface area contributed by atoms with Crippen molar-refractivity contribution in [1.29, 1.82) is 0 Å². The second kappa shape index (κ2) is 8.23. The summed E-state index contributed by atoms with van der Waals surface area (Å²) in [7, 11) is 0. The summed E-state index contributed by atoms with van der Waals surface area (Å²) in [6, 6.07) is 7.68. The first kappa shape index (κ1) is 19.1. The molecule has 0 bridgehead atoms. The second-order valence-electron chi connectivity index (χ2n) is 7.61. The zero-order chi connectivity index (χ0) is 18.4. The van der Waals surface area contributed by atoms with E-state index in [1.807, 2.05) is 52.0 Å². The van der Waals surface area contributed by atoms with E-state index in [0.717, 1.165) is 18.4 Å². The minimum atomic E-state index is -0.241. The highest BCUT2D eigenvalue weighted by Gasteiger charge is 2.25. The second-order valence-corrected chi connectivity index (χ2v) is 7.61. The Kier molecular flexibility index (Phi) is 6.28. The first-order valence-corrected chi connectivity index (χ1v) is 8.79. The van der Waals surface area contributed by atoms with E-state index in [0.29, 0.717) is 18.8 Å². The lowest BCUT2D eigenvalue weighted by Gasteiger charge is -2.34. The van der Waals surface area contributed by atoms with E-state index in [1.54, 1.807) is 4.90 Å². The number of hydrogen-bond acceptors (Lipinski definition) is 3. The highest BCUT2D eigenvalue weighted by molar-refractivity contribution is 5.78. The summed E-state index contributed by atoms with van der Waals surface area (Å²) in [6.45, 7) is 9.17. The number of nitrogens with zero attached hydrogens (tertiary/aromatic N) is 1. The van der Waals surface area contributed by atoms with Crippen LogP contribution < -0.4 is 15.4 Å². The fourth-order valence-corrected chi connectivity index (χ4v) is 2.75. The lowest BCUT2D eigenvalue weighted by atomic mass is 10.0. The van der Waals surface area contributed by atoms with Crippen LogP contribution in [0.5, 0.6) is 5.75 Å². The molecule has 2 rings (SSSR count). The quantitative estimate of drug-likeness (QED) is 0.879. The molecule has 1 aromatic rings. The predicted molar refractivity (Wildman–Crippen MR) is 97.7 cm³/mol. The fourth-order valence-electron chi connectivity index (χ4n) is 2.75. The molecule has 1 saturated heterocycles. The average Bonchev–Trinajstić information content (AvgIpc) is 2.52. The molecule has 6 heteroatoms. The summed E-state index contributed by atoms with van der Waals surface area (Å²) in [5.41, 5.74) is 0.855. The van der Waals surface area contributed by atoms with Gasteiger partial charge in [-0.3, -0.25) is 4.79 Å². The van der Waals surface area contributed by atoms with Gasteiger partial charge in [-0.25, -0.2) is 4.79 Å². The van der Waals surface area contributed by atoms with Gasteiger partial charge in [-0.1, -0.05) is 12.1 Å². The Hall–Kier alpha value is -2.24. The number of benzene rings is 1. The highest BCUT2D eigenvalue weighted by Crippen LogP contribution is 2.13. The van der Waals surface area contributed by atoms with Gasteiger partial charge in [0.05, 0.1) is 0 Å². The van der Waals surface area contributed by atoms with Crippen LogP contribution in [-0.2, 0) is 4.79 Å². The maximum atomic E-state index is 12.1. The normalized spacial score (nSPS) is 15.6. The minimum absolute atomic E-state index is 0.00811. The van der Waals surface area contributed by atoms with Gasteiger partial charge in [0.2, 0.25) is 0 Å². The van der Waals surface area contributed by atoms with Crippen LogP contribution in [0.25, 0.3) is 0 Å². The van der Waals surface area contributed by atoms with Crippen LogP contribution in [0.3, 0.4) is 0 Å². The van der Waals surface area contributed by atoms with Crippen molar-refractivity contribution in [1.82, 2.24) is 15.5 Å². The molecule has 0 spiro atoms. The lowest BCUT2D eigenvalue weighted by Crippen LogP contribution is -2.53. The number of amides is 3. The number of aryl methyl sites for hydroxylation is 1. The molecule has 25 heavy (non-hydrogen) atoms. The van der Waals surface area contributed by atoms with E-state index in [-0.39, 0.29) is 30.1 Å². The largest absolute Gasteiger partial charge is 0.484 e. The van der Waals surface area contributed by atoms with Crippen LogP contribution in [0.4, 0.5) is 4.79 Å². The Bertz CT molecular complexity index is 602. The Balaban J connectivity index is 1.70. The summed E-state index contributed by atoms with van der Waals surface area (Å²) in [5, 5.41) is 5.96. The van der Waals surface area contributed by atoms with Crippen LogP contribution in [0, 0.1) is 6.92 Å². The molecule has 0 atom stereocenters. The van der Waals surface area contributed by atoms with Crippen LogP contribution >= 0.6 is 0 Å². The number of ether oxygens (including phenoxy) is 1. The molecule has 1 aromatic carbocycles. The Labute approximate surface area is 149 Å². The molecule has 0 radical (unpaired) electrons. The molecule has 1 fully saturated rings. The van der Waals surface area contributed by atoms with Crippen LogP contribution in [-0.4, -0.2) is 48.1 Å². The van der Waals surface area contributed by atoms with Crippen molar-refractivity contribution in [3.8, 4) is 5.75 Å². The number of nitrogens with one attached hydrogen (secondary N) is 2. The molecular weight excluding hydrogens is 318 g/mol. The van der Waals surface area contributed by atoms with Gasteiger partial charge in [0, 0.05) is 24.7 Å². The van der Waals surface area contributed by atoms with Gasteiger partial charge in [0.1, 0.15) is 5.75 Å². The maximum Gasteiger partial charge on any atom is 0.317 e. The molecule has 138 valence electrons. The number of rotatable bonds is 4. The number of hydrogen-bond donors (Lipinski definition) is 2. The predicted octanol–water partition coefficient (Wildman–Crippen LogP) is 2.46. The van der Waals surface area contributed by atoms with Crippen molar-refractivity contribution in [3.63, 3.8) is 0 Å². The molecule has 1 heterocycles. The van der Waals surface area contributed by atoms with Crippen molar-refractivity contribution in [2.24, 2.45) is 0 Å². The van der Waals surface area contributed by atoms with Gasteiger partial charge in [-0.15, -0.1) is 0 Å². The molecule has 0 unspecified atom stereocenters. The van der Waals surface area contributed by atoms with Crippen molar-refractivity contribution >= 4 is 11.9 Å². The van der Waals surface area contributed by atoms with Crippen LogP contribution in [0.1, 0.15) is 39.2 Å². The van der Waals surface area contributed by atoms with Crippen molar-refractivity contribution in [3.05, 3.63) is 29.8 Å². The van der Waals surface area contributed by atoms with E-state index in [2.05, 4.69) is 10.6 Å². The van der Waals surface area contributed by atoms with Gasteiger partial charge in [-0.2, -0.15) is 0 Å². The van der Waals surface area contributed by atoms with Crippen molar-refractivity contribution in [2.75, 3.05) is 19.7 Å². The number of carbonyl (C=O) groups excluding carboxylic acids is 2. The number of piperidine rings is 1. The van der Waals surface area contributed by atoms with E-state index < -0.39 is 0 Å². The van der Waals surface area contributed by atoms with E-state index >= 15 is 0 Å². The Morgan fingerprint density at radius 1 is 1.24 bits per heavy atom. The third-order valence-electron chi connectivity index (χ3n) is 3.99. The number of carbonyl (C=O) groups is 2. The zero-order valence-electron chi connectivity index (χ0n) is 15.6. The summed E-state index contributed by atoms with van der Waals surface area (Å²) in [5.74, 6) is 0.572. The summed E-state index contributed by atoms with van der Waals surface area (Å²) >= 11 is 0. The van der Waals surface area contributed by atoms with Gasteiger partial charge >= 0.3 is 6.03 Å². The molecule has 3 amide bonds. The van der Waals surface area contributed by atoms with E-state index in [4.69, 9.17) is 4.74 Å². The molecular formula is C19H29N3O3. The van der Waals surface area contributed by atoms with Crippen molar-refractivity contribution in [2.45, 2.75) is 52.1 Å². The topological polar surface area (TPSA) is 70.7 Å². The summed E-state index contributed by atoms with van der Waals surface area (Å²) in [4.78, 5) is 26.0. The standard InChI is InChI=1S/C19H29N3O3/c1-14-6-5-7-16(12-14)25-13-17(23)20-15-8-10-22(11-9-15)18(24)21-19(2,3)4/h5-7,12,15H,8-11,13H2,1-4H3,(H,20,23)(H,21,24). The van der Waals surface area contributed by atoms with Crippen LogP contribution in [0.15, 0.2) is 24.3 Å². The van der Waals surface area contributed by atoms with Gasteiger partial charge in [0.15, 0.2) is 6.61 Å². The SMILES string of the molecule is Cc1cccc(OCC(=O)NC2CCN(C(=O)NC(C)(C)C)CC2)c1. The molecule has 0 aromatic heterocycles. The third-order valence-corrected chi connectivity index (χ3v) is 3.99. The lowest BCUT2D eigenvalue weighted by molar-refractivity contribution is -0.124. The smallest absolute Gasteiger partial charge is 0.317 e. The Morgan fingerprint density at radius 2 is 1.92 bits per heavy atom. The maximum absolute atomic E-state index is 12.1.